The van der Waals surface area contributed by atoms with Gasteiger partial charge in [0.15, 0.2) is 0 Å². The van der Waals surface area contributed by atoms with E-state index in [2.05, 4.69) is 36.1 Å². The molecule has 0 saturated carbocycles. The van der Waals surface area contributed by atoms with Crippen molar-refractivity contribution in [2.24, 2.45) is 11.7 Å². The Bertz CT molecular complexity index is 425. The molecule has 2 unspecified atom stereocenters. The van der Waals surface area contributed by atoms with Crippen molar-refractivity contribution in [1.82, 2.24) is 4.90 Å². The molecular weight excluding hydrogens is 268 g/mol. The second-order valence-electron chi connectivity index (χ2n) is 6.34. The maximum Gasteiger partial charge on any atom is 0.0350 e. The fourth-order valence-corrected chi connectivity index (χ4v) is 3.86. The lowest BCUT2D eigenvalue weighted by Crippen LogP contribution is -2.42. The minimum Gasteiger partial charge on any atom is -0.328 e. The molecule has 0 spiro atoms. The molecule has 0 bridgehead atoms. The molecule has 0 amide bonds. The summed E-state index contributed by atoms with van der Waals surface area (Å²) in [5.41, 5.74) is 9.22. The highest BCUT2D eigenvalue weighted by atomic mass is 35.5. The number of hydrogen-bond acceptors (Lipinski definition) is 2. The minimum atomic E-state index is 0. The molecule has 3 heteroatoms. The standard InChI is InChI=1S/C17H26N2.ClH/c1-13(18)14-9-11-19(12-10-14)17-8-4-6-15-5-2-3-7-16(15)17;/h2-3,5,7,13-14,17H,4,6,8-12,18H2,1H3;1H. The van der Waals surface area contributed by atoms with E-state index in [1.807, 2.05) is 0 Å². The molecule has 20 heavy (non-hydrogen) atoms. The van der Waals surface area contributed by atoms with Gasteiger partial charge in [-0.25, -0.2) is 0 Å². The van der Waals surface area contributed by atoms with Gasteiger partial charge >= 0.3 is 0 Å². The first kappa shape index (κ1) is 15.8. The summed E-state index contributed by atoms with van der Waals surface area (Å²) in [7, 11) is 0. The lowest BCUT2D eigenvalue weighted by Gasteiger charge is -2.41. The van der Waals surface area contributed by atoms with Crippen LogP contribution < -0.4 is 5.73 Å². The van der Waals surface area contributed by atoms with Crippen LogP contribution in [-0.4, -0.2) is 24.0 Å². The molecule has 2 atom stereocenters. The second kappa shape index (κ2) is 6.93. The molecule has 1 aromatic rings. The molecule has 1 aliphatic heterocycles. The maximum atomic E-state index is 6.05. The zero-order valence-electron chi connectivity index (χ0n) is 12.4. The summed E-state index contributed by atoms with van der Waals surface area (Å²) in [6.45, 7) is 4.62. The Morgan fingerprint density at radius 3 is 2.55 bits per heavy atom. The van der Waals surface area contributed by atoms with Crippen molar-refractivity contribution in [3.63, 3.8) is 0 Å². The van der Waals surface area contributed by atoms with E-state index in [0.29, 0.717) is 12.1 Å². The van der Waals surface area contributed by atoms with E-state index in [1.54, 1.807) is 11.1 Å². The normalized spacial score (nSPS) is 25.6. The molecule has 1 heterocycles. The van der Waals surface area contributed by atoms with Crippen LogP contribution in [0.2, 0.25) is 0 Å². The molecule has 1 fully saturated rings. The van der Waals surface area contributed by atoms with Gasteiger partial charge in [-0.15, -0.1) is 12.4 Å². The summed E-state index contributed by atoms with van der Waals surface area (Å²) in [5.74, 6) is 0.732. The lowest BCUT2D eigenvalue weighted by molar-refractivity contribution is 0.113. The topological polar surface area (TPSA) is 29.3 Å². The number of aryl methyl sites for hydroxylation is 1. The largest absolute Gasteiger partial charge is 0.328 e. The van der Waals surface area contributed by atoms with Crippen LogP contribution in [0, 0.1) is 5.92 Å². The summed E-state index contributed by atoms with van der Waals surface area (Å²) in [6.07, 6.45) is 6.49. The van der Waals surface area contributed by atoms with Gasteiger partial charge in [0.05, 0.1) is 0 Å². The van der Waals surface area contributed by atoms with Crippen LogP contribution in [0.3, 0.4) is 0 Å². The molecule has 2 nitrogen and oxygen atoms in total. The molecule has 3 rings (SSSR count). The zero-order valence-corrected chi connectivity index (χ0v) is 13.2. The number of benzene rings is 1. The predicted octanol–water partition coefficient (Wildman–Crippen LogP) is 3.55. The van der Waals surface area contributed by atoms with Gasteiger partial charge in [0.25, 0.3) is 0 Å². The fourth-order valence-electron chi connectivity index (χ4n) is 3.86. The summed E-state index contributed by atoms with van der Waals surface area (Å²) >= 11 is 0. The van der Waals surface area contributed by atoms with Crippen molar-refractivity contribution < 1.29 is 0 Å². The number of nitrogens with two attached hydrogens (primary N) is 1. The van der Waals surface area contributed by atoms with Crippen molar-refractivity contribution in [3.8, 4) is 0 Å². The Balaban J connectivity index is 0.00000147. The first-order chi connectivity index (χ1) is 9.25. The summed E-state index contributed by atoms with van der Waals surface area (Å²) in [4.78, 5) is 2.71. The van der Waals surface area contributed by atoms with E-state index in [0.717, 1.165) is 5.92 Å². The van der Waals surface area contributed by atoms with Gasteiger partial charge in [-0.2, -0.15) is 0 Å². The second-order valence-corrected chi connectivity index (χ2v) is 6.34. The summed E-state index contributed by atoms with van der Waals surface area (Å²) < 4.78 is 0. The van der Waals surface area contributed by atoms with Crippen LogP contribution in [0.5, 0.6) is 0 Å². The summed E-state index contributed by atoms with van der Waals surface area (Å²) in [5, 5.41) is 0. The minimum absolute atomic E-state index is 0. The fraction of sp³-hybridized carbons (Fsp3) is 0.647. The van der Waals surface area contributed by atoms with Crippen LogP contribution in [0.25, 0.3) is 0 Å². The third-order valence-electron chi connectivity index (χ3n) is 5.10. The monoisotopic (exact) mass is 294 g/mol. The molecule has 0 radical (unpaired) electrons. The molecule has 112 valence electrons. The van der Waals surface area contributed by atoms with E-state index >= 15 is 0 Å². The number of nitrogens with zero attached hydrogens (tertiary/aromatic N) is 1. The van der Waals surface area contributed by atoms with Crippen molar-refractivity contribution in [1.29, 1.82) is 0 Å². The average molecular weight is 295 g/mol. The van der Waals surface area contributed by atoms with Crippen LogP contribution in [-0.2, 0) is 6.42 Å². The van der Waals surface area contributed by atoms with E-state index in [-0.39, 0.29) is 12.4 Å². The van der Waals surface area contributed by atoms with Crippen molar-refractivity contribution in [3.05, 3.63) is 35.4 Å². The number of fused-ring (bicyclic) bond motifs is 1. The van der Waals surface area contributed by atoms with Gasteiger partial charge < -0.3 is 5.73 Å². The number of hydrogen-bond donors (Lipinski definition) is 1. The first-order valence-electron chi connectivity index (χ1n) is 7.83. The predicted molar refractivity (Wildman–Crippen MR) is 87.3 cm³/mol. The highest BCUT2D eigenvalue weighted by Gasteiger charge is 2.29. The molecule has 2 N–H and O–H groups in total. The number of likely N-dealkylation sites (tertiary alicyclic amines) is 1. The molecular formula is C17H27ClN2. The Morgan fingerprint density at radius 1 is 1.15 bits per heavy atom. The number of piperidine rings is 1. The number of rotatable bonds is 2. The third kappa shape index (κ3) is 3.19. The molecule has 0 aromatic heterocycles. The van der Waals surface area contributed by atoms with E-state index in [9.17, 15) is 0 Å². The molecule has 1 saturated heterocycles. The summed E-state index contributed by atoms with van der Waals surface area (Å²) in [6, 6.07) is 10.1. The Kier molecular flexibility index (Phi) is 5.48. The van der Waals surface area contributed by atoms with E-state index < -0.39 is 0 Å². The average Bonchev–Trinajstić information content (AvgIpc) is 2.47. The molecule has 2 aliphatic rings. The highest BCUT2D eigenvalue weighted by molar-refractivity contribution is 5.85. The lowest BCUT2D eigenvalue weighted by atomic mass is 9.84. The van der Waals surface area contributed by atoms with Crippen LogP contribution in [0.1, 0.15) is 49.8 Å². The molecule has 1 aliphatic carbocycles. The number of halogens is 1. The van der Waals surface area contributed by atoms with Gasteiger partial charge in [-0.3, -0.25) is 4.90 Å². The van der Waals surface area contributed by atoms with Gasteiger partial charge in [-0.05, 0) is 69.2 Å². The van der Waals surface area contributed by atoms with Crippen molar-refractivity contribution in [2.75, 3.05) is 13.1 Å². The van der Waals surface area contributed by atoms with Crippen molar-refractivity contribution >= 4 is 12.4 Å². The van der Waals surface area contributed by atoms with Crippen molar-refractivity contribution in [2.45, 2.75) is 51.1 Å². The Morgan fingerprint density at radius 2 is 1.85 bits per heavy atom. The van der Waals surface area contributed by atoms with Crippen LogP contribution in [0.4, 0.5) is 0 Å². The molecule has 1 aromatic carbocycles. The van der Waals surface area contributed by atoms with Gasteiger partial charge in [0.1, 0.15) is 0 Å². The first-order valence-corrected chi connectivity index (χ1v) is 7.83. The third-order valence-corrected chi connectivity index (χ3v) is 5.10. The quantitative estimate of drug-likeness (QED) is 0.904. The maximum absolute atomic E-state index is 6.05. The van der Waals surface area contributed by atoms with Gasteiger partial charge in [0, 0.05) is 12.1 Å². The highest BCUT2D eigenvalue weighted by Crippen LogP contribution is 2.36. The van der Waals surface area contributed by atoms with E-state index in [4.69, 9.17) is 5.73 Å². The smallest absolute Gasteiger partial charge is 0.0350 e. The Labute approximate surface area is 129 Å². The van der Waals surface area contributed by atoms with Gasteiger partial charge in [0.2, 0.25) is 0 Å². The van der Waals surface area contributed by atoms with Crippen LogP contribution in [0.15, 0.2) is 24.3 Å². The van der Waals surface area contributed by atoms with E-state index in [1.165, 1.54) is 45.2 Å². The van der Waals surface area contributed by atoms with Crippen LogP contribution >= 0.6 is 12.4 Å². The SMILES string of the molecule is CC(N)C1CCN(C2CCCc3ccccc32)CC1.Cl. The van der Waals surface area contributed by atoms with Gasteiger partial charge in [-0.1, -0.05) is 24.3 Å². The Hall–Kier alpha value is -0.570. The zero-order chi connectivity index (χ0) is 13.2.